The van der Waals surface area contributed by atoms with Crippen LogP contribution in [0.15, 0.2) is 0 Å². The standard InChI is InChI=1S/C14H14F3N7O3/c1-6-8(3-4-9(25)21-23-5-10(26)19-13(23)27)7(2)24-12(18-6)20-11(22-24)14(15,16)17/h3-5H2,1-2H3,(H,21,25)(H,19,26,27). The van der Waals surface area contributed by atoms with Crippen molar-refractivity contribution in [3.05, 3.63) is 22.8 Å². The van der Waals surface area contributed by atoms with Gasteiger partial charge in [0.1, 0.15) is 6.54 Å². The molecule has 0 bridgehead atoms. The van der Waals surface area contributed by atoms with Gasteiger partial charge in [-0.1, -0.05) is 0 Å². The first-order valence-corrected chi connectivity index (χ1v) is 7.77. The van der Waals surface area contributed by atoms with Gasteiger partial charge in [0.15, 0.2) is 0 Å². The third-order valence-corrected chi connectivity index (χ3v) is 3.96. The van der Waals surface area contributed by atoms with Crippen molar-refractivity contribution in [2.45, 2.75) is 32.9 Å². The Hall–Kier alpha value is -3.25. The number of hydrazine groups is 1. The van der Waals surface area contributed by atoms with E-state index in [-0.39, 0.29) is 25.2 Å². The summed E-state index contributed by atoms with van der Waals surface area (Å²) in [5.41, 5.74) is 3.62. The minimum Gasteiger partial charge on any atom is -0.275 e. The lowest BCUT2D eigenvalue weighted by Crippen LogP contribution is -2.44. The summed E-state index contributed by atoms with van der Waals surface area (Å²) in [4.78, 5) is 41.9. The number of fused-ring (bicyclic) bond motifs is 1. The van der Waals surface area contributed by atoms with Crippen LogP contribution in [0.1, 0.15) is 29.2 Å². The van der Waals surface area contributed by atoms with Crippen LogP contribution in [0.4, 0.5) is 18.0 Å². The van der Waals surface area contributed by atoms with Gasteiger partial charge < -0.3 is 0 Å². The highest BCUT2D eigenvalue weighted by molar-refractivity contribution is 6.02. The molecular formula is C14H14F3N7O3. The van der Waals surface area contributed by atoms with Gasteiger partial charge in [0.25, 0.3) is 11.6 Å². The van der Waals surface area contributed by atoms with Crippen LogP contribution >= 0.6 is 0 Å². The Morgan fingerprint density at radius 1 is 1.26 bits per heavy atom. The Bertz CT molecular complexity index is 954. The van der Waals surface area contributed by atoms with Crippen LogP contribution in [-0.2, 0) is 22.2 Å². The van der Waals surface area contributed by atoms with Crippen LogP contribution in [-0.4, -0.2) is 49.0 Å². The molecule has 10 nitrogen and oxygen atoms in total. The molecule has 3 rings (SSSR count). The topological polar surface area (TPSA) is 122 Å². The number of hydrogen-bond donors (Lipinski definition) is 2. The van der Waals surface area contributed by atoms with Crippen LogP contribution in [0.25, 0.3) is 5.78 Å². The summed E-state index contributed by atoms with van der Waals surface area (Å²) in [5.74, 6) is -2.54. The fourth-order valence-electron chi connectivity index (χ4n) is 2.67. The molecule has 0 saturated carbocycles. The molecule has 0 radical (unpaired) electrons. The number of aromatic nitrogens is 4. The van der Waals surface area contributed by atoms with Gasteiger partial charge in [0, 0.05) is 17.8 Å². The summed E-state index contributed by atoms with van der Waals surface area (Å²) in [7, 11) is 0. The maximum absolute atomic E-state index is 12.8. The largest absolute Gasteiger partial charge is 0.453 e. The predicted octanol–water partition coefficient (Wildman–Crippen LogP) is 0.276. The number of rotatable bonds is 4. The zero-order chi connectivity index (χ0) is 19.9. The van der Waals surface area contributed by atoms with E-state index in [1.54, 1.807) is 13.8 Å². The lowest BCUT2D eigenvalue weighted by molar-refractivity contribution is -0.144. The third kappa shape index (κ3) is 3.66. The number of amides is 4. The summed E-state index contributed by atoms with van der Waals surface area (Å²) in [6.45, 7) is 2.86. The SMILES string of the molecule is Cc1nc2nc(C(F)(F)F)nn2c(C)c1CCC(=O)NN1CC(=O)NC1=O. The Kier molecular flexibility index (Phi) is 4.45. The molecule has 0 spiro atoms. The van der Waals surface area contributed by atoms with Gasteiger partial charge >= 0.3 is 12.2 Å². The molecule has 4 amide bonds. The Morgan fingerprint density at radius 3 is 2.56 bits per heavy atom. The highest BCUT2D eigenvalue weighted by atomic mass is 19.4. The molecule has 1 aliphatic heterocycles. The van der Waals surface area contributed by atoms with Gasteiger partial charge in [0.2, 0.25) is 11.8 Å². The monoisotopic (exact) mass is 385 g/mol. The molecule has 1 fully saturated rings. The third-order valence-electron chi connectivity index (χ3n) is 3.96. The van der Waals surface area contributed by atoms with Crippen molar-refractivity contribution in [3.63, 3.8) is 0 Å². The van der Waals surface area contributed by atoms with E-state index < -0.39 is 29.8 Å². The van der Waals surface area contributed by atoms with Crippen molar-refractivity contribution in [2.75, 3.05) is 6.54 Å². The Morgan fingerprint density at radius 2 is 1.96 bits per heavy atom. The molecule has 144 valence electrons. The van der Waals surface area contributed by atoms with Gasteiger partial charge in [0.05, 0.1) is 0 Å². The fraction of sp³-hybridized carbons (Fsp3) is 0.429. The van der Waals surface area contributed by atoms with Gasteiger partial charge in [-0.15, -0.1) is 5.10 Å². The highest BCUT2D eigenvalue weighted by Gasteiger charge is 2.37. The number of nitrogens with zero attached hydrogens (tertiary/aromatic N) is 5. The molecule has 13 heteroatoms. The van der Waals surface area contributed by atoms with E-state index >= 15 is 0 Å². The van der Waals surface area contributed by atoms with E-state index in [1.165, 1.54) is 0 Å². The average Bonchev–Trinajstić information content (AvgIpc) is 3.10. The number of hydrogen-bond acceptors (Lipinski definition) is 6. The number of imide groups is 1. The second-order valence-electron chi connectivity index (χ2n) is 5.88. The normalized spacial score (nSPS) is 14.8. The summed E-state index contributed by atoms with van der Waals surface area (Å²) >= 11 is 0. The highest BCUT2D eigenvalue weighted by Crippen LogP contribution is 2.27. The summed E-state index contributed by atoms with van der Waals surface area (Å²) in [6.07, 6.45) is -4.62. The zero-order valence-electron chi connectivity index (χ0n) is 14.2. The van der Waals surface area contributed by atoms with E-state index in [0.29, 0.717) is 17.0 Å². The molecule has 27 heavy (non-hydrogen) atoms. The van der Waals surface area contributed by atoms with E-state index in [1.807, 2.05) is 5.32 Å². The average molecular weight is 385 g/mol. The number of carbonyl (C=O) groups is 3. The van der Waals surface area contributed by atoms with Crippen LogP contribution in [0.3, 0.4) is 0 Å². The van der Waals surface area contributed by atoms with E-state index in [4.69, 9.17) is 0 Å². The predicted molar refractivity (Wildman–Crippen MR) is 82.0 cm³/mol. The number of carbonyl (C=O) groups excluding carboxylic acids is 3. The lowest BCUT2D eigenvalue weighted by atomic mass is 10.1. The van der Waals surface area contributed by atoms with Crippen LogP contribution in [0.5, 0.6) is 0 Å². The van der Waals surface area contributed by atoms with Crippen molar-refractivity contribution in [2.24, 2.45) is 0 Å². The fourth-order valence-corrected chi connectivity index (χ4v) is 2.67. The lowest BCUT2D eigenvalue weighted by Gasteiger charge is -2.15. The number of urea groups is 1. The van der Waals surface area contributed by atoms with Gasteiger partial charge in [-0.05, 0) is 25.8 Å². The number of alkyl halides is 3. The first-order valence-electron chi connectivity index (χ1n) is 7.77. The molecule has 2 aromatic heterocycles. The molecule has 0 aliphatic carbocycles. The maximum atomic E-state index is 12.8. The first-order chi connectivity index (χ1) is 12.6. The van der Waals surface area contributed by atoms with Crippen molar-refractivity contribution in [1.29, 1.82) is 0 Å². The van der Waals surface area contributed by atoms with Crippen LogP contribution < -0.4 is 10.7 Å². The molecule has 1 saturated heterocycles. The van der Waals surface area contributed by atoms with E-state index in [9.17, 15) is 27.6 Å². The van der Waals surface area contributed by atoms with Crippen molar-refractivity contribution < 1.29 is 27.6 Å². The minimum atomic E-state index is -4.69. The molecule has 0 atom stereocenters. The van der Waals surface area contributed by atoms with Crippen molar-refractivity contribution in [3.8, 4) is 0 Å². The van der Waals surface area contributed by atoms with Crippen molar-refractivity contribution in [1.82, 2.24) is 35.3 Å². The van der Waals surface area contributed by atoms with Crippen molar-refractivity contribution >= 4 is 23.6 Å². The summed E-state index contributed by atoms with van der Waals surface area (Å²) in [5, 5.41) is 6.29. The zero-order valence-corrected chi connectivity index (χ0v) is 14.2. The first kappa shape index (κ1) is 18.5. The van der Waals surface area contributed by atoms with Gasteiger partial charge in [-0.3, -0.25) is 20.3 Å². The van der Waals surface area contributed by atoms with E-state index in [2.05, 4.69) is 20.5 Å². The van der Waals surface area contributed by atoms with E-state index in [0.717, 1.165) is 9.52 Å². The maximum Gasteiger partial charge on any atom is 0.453 e. The van der Waals surface area contributed by atoms with Crippen LogP contribution in [0, 0.1) is 13.8 Å². The molecule has 2 N–H and O–H groups in total. The van der Waals surface area contributed by atoms with Gasteiger partial charge in [-0.2, -0.15) is 18.2 Å². The second kappa shape index (κ2) is 6.48. The Balaban J connectivity index is 1.75. The Labute approximate surface area is 149 Å². The molecular weight excluding hydrogens is 371 g/mol. The minimum absolute atomic E-state index is 0.0757. The summed E-state index contributed by atoms with van der Waals surface area (Å²) < 4.78 is 39.3. The quantitative estimate of drug-likeness (QED) is 0.729. The molecule has 3 heterocycles. The second-order valence-corrected chi connectivity index (χ2v) is 5.88. The smallest absolute Gasteiger partial charge is 0.275 e. The molecule has 0 unspecified atom stereocenters. The molecule has 0 aromatic carbocycles. The summed E-state index contributed by atoms with van der Waals surface area (Å²) in [6, 6.07) is -0.730. The number of halogens is 3. The molecule has 2 aromatic rings. The number of aryl methyl sites for hydroxylation is 2. The number of nitrogens with one attached hydrogen (secondary N) is 2. The van der Waals surface area contributed by atoms with Crippen LogP contribution in [0.2, 0.25) is 0 Å². The van der Waals surface area contributed by atoms with Gasteiger partial charge in [-0.25, -0.2) is 19.3 Å². The molecule has 1 aliphatic rings.